The summed E-state index contributed by atoms with van der Waals surface area (Å²) in [4.78, 5) is 23.8. The van der Waals surface area contributed by atoms with E-state index >= 15 is 0 Å². The Labute approximate surface area is 128 Å². The van der Waals surface area contributed by atoms with Crippen molar-refractivity contribution < 1.29 is 19.1 Å². The van der Waals surface area contributed by atoms with Crippen molar-refractivity contribution in [2.75, 3.05) is 14.2 Å². The molecule has 0 N–H and O–H groups in total. The van der Waals surface area contributed by atoms with E-state index in [1.54, 1.807) is 0 Å². The van der Waals surface area contributed by atoms with Crippen molar-refractivity contribution in [1.82, 2.24) is 10.2 Å². The average molecular weight is 300 g/mol. The van der Waals surface area contributed by atoms with Gasteiger partial charge < -0.3 is 9.47 Å². The van der Waals surface area contributed by atoms with Crippen LogP contribution in [0.1, 0.15) is 32.0 Å². The Kier molecular flexibility index (Phi) is 5.19. The molecule has 0 radical (unpaired) electrons. The van der Waals surface area contributed by atoms with Crippen molar-refractivity contribution in [2.45, 2.75) is 12.8 Å². The first kappa shape index (κ1) is 15.6. The van der Waals surface area contributed by atoms with E-state index < -0.39 is 11.9 Å². The number of hydrogen-bond donors (Lipinski definition) is 0. The molecule has 0 saturated carbocycles. The molecule has 1 aromatic carbocycles. The predicted octanol–water partition coefficient (Wildman–Crippen LogP) is 1.83. The zero-order valence-electron chi connectivity index (χ0n) is 12.4. The smallest absolute Gasteiger partial charge is 0.340 e. The minimum absolute atomic E-state index is 0.0624. The Morgan fingerprint density at radius 3 is 2.32 bits per heavy atom. The van der Waals surface area contributed by atoms with Crippen LogP contribution in [-0.4, -0.2) is 36.4 Å². The van der Waals surface area contributed by atoms with Crippen LogP contribution in [0.25, 0.3) is 0 Å². The summed E-state index contributed by atoms with van der Waals surface area (Å²) in [7, 11) is 2.50. The molecule has 0 aliphatic rings. The molecule has 1 aromatic heterocycles. The third kappa shape index (κ3) is 3.46. The van der Waals surface area contributed by atoms with E-state index in [1.165, 1.54) is 20.4 Å². The zero-order chi connectivity index (χ0) is 15.9. The second-order valence-corrected chi connectivity index (χ2v) is 4.55. The number of aryl methyl sites for hydroxylation is 2. The summed E-state index contributed by atoms with van der Waals surface area (Å²) in [6.45, 7) is 0. The fourth-order valence-corrected chi connectivity index (χ4v) is 2.10. The topological polar surface area (TPSA) is 78.4 Å². The third-order valence-corrected chi connectivity index (χ3v) is 3.21. The van der Waals surface area contributed by atoms with Crippen molar-refractivity contribution in [3.05, 3.63) is 58.9 Å². The van der Waals surface area contributed by atoms with E-state index in [4.69, 9.17) is 4.74 Å². The van der Waals surface area contributed by atoms with Gasteiger partial charge in [0.2, 0.25) is 0 Å². The summed E-state index contributed by atoms with van der Waals surface area (Å²) >= 11 is 0. The van der Waals surface area contributed by atoms with Crippen molar-refractivity contribution in [2.24, 2.45) is 0 Å². The number of hydrogen-bond acceptors (Lipinski definition) is 6. The molecule has 0 atom stereocenters. The minimum Gasteiger partial charge on any atom is -0.465 e. The van der Waals surface area contributed by atoms with Crippen LogP contribution in [0.3, 0.4) is 0 Å². The third-order valence-electron chi connectivity index (χ3n) is 3.21. The largest absolute Gasteiger partial charge is 0.465 e. The van der Waals surface area contributed by atoms with Crippen molar-refractivity contribution in [3.63, 3.8) is 0 Å². The van der Waals surface area contributed by atoms with E-state index in [0.717, 1.165) is 5.56 Å². The van der Waals surface area contributed by atoms with Crippen LogP contribution in [0.2, 0.25) is 0 Å². The molecular weight excluding hydrogens is 284 g/mol. The van der Waals surface area contributed by atoms with Crippen LogP contribution in [0.4, 0.5) is 0 Å². The Morgan fingerprint density at radius 1 is 1.00 bits per heavy atom. The molecule has 0 aliphatic carbocycles. The second kappa shape index (κ2) is 7.31. The molecule has 0 unspecified atom stereocenters. The number of rotatable bonds is 5. The van der Waals surface area contributed by atoms with Crippen molar-refractivity contribution in [3.8, 4) is 0 Å². The first-order chi connectivity index (χ1) is 10.7. The van der Waals surface area contributed by atoms with Crippen molar-refractivity contribution >= 4 is 11.9 Å². The normalized spacial score (nSPS) is 10.1. The summed E-state index contributed by atoms with van der Waals surface area (Å²) in [5.74, 6) is -1.27. The quantitative estimate of drug-likeness (QED) is 0.784. The number of carbonyl (C=O) groups is 2. The lowest BCUT2D eigenvalue weighted by molar-refractivity contribution is 0.0552. The SMILES string of the molecule is COC(=O)c1cnnc(CCc2ccccc2)c1C(=O)OC. The molecule has 0 aliphatic heterocycles. The number of nitrogens with zero attached hydrogens (tertiary/aromatic N) is 2. The van der Waals surface area contributed by atoms with Gasteiger partial charge in [-0.15, -0.1) is 0 Å². The van der Waals surface area contributed by atoms with E-state index in [0.29, 0.717) is 18.5 Å². The summed E-state index contributed by atoms with van der Waals surface area (Å²) in [6, 6.07) is 9.77. The highest BCUT2D eigenvalue weighted by Crippen LogP contribution is 2.16. The van der Waals surface area contributed by atoms with E-state index in [9.17, 15) is 9.59 Å². The Morgan fingerprint density at radius 2 is 1.68 bits per heavy atom. The molecule has 0 saturated heterocycles. The van der Waals surface area contributed by atoms with Gasteiger partial charge in [-0.25, -0.2) is 9.59 Å². The van der Waals surface area contributed by atoms with Gasteiger partial charge in [0.05, 0.1) is 37.2 Å². The van der Waals surface area contributed by atoms with E-state index in [1.807, 2.05) is 30.3 Å². The molecule has 114 valence electrons. The van der Waals surface area contributed by atoms with Gasteiger partial charge in [0.25, 0.3) is 0 Å². The molecule has 0 bridgehead atoms. The van der Waals surface area contributed by atoms with E-state index in [-0.39, 0.29) is 11.1 Å². The Balaban J connectivity index is 2.33. The van der Waals surface area contributed by atoms with Gasteiger partial charge in [-0.2, -0.15) is 10.2 Å². The standard InChI is InChI=1S/C16H16N2O4/c1-21-15(19)12-10-17-18-13(14(12)16(20)22-2)9-8-11-6-4-3-5-7-11/h3-7,10H,8-9H2,1-2H3. The minimum atomic E-state index is -0.642. The van der Waals surface area contributed by atoms with Crippen LogP contribution < -0.4 is 0 Å². The lowest BCUT2D eigenvalue weighted by Crippen LogP contribution is -2.17. The molecule has 0 amide bonds. The first-order valence-electron chi connectivity index (χ1n) is 6.72. The van der Waals surface area contributed by atoms with Crippen LogP contribution in [-0.2, 0) is 22.3 Å². The Bertz CT molecular complexity index is 671. The van der Waals surface area contributed by atoms with Gasteiger partial charge in [-0.3, -0.25) is 0 Å². The monoisotopic (exact) mass is 300 g/mol. The molecule has 2 aromatic rings. The molecule has 1 heterocycles. The number of methoxy groups -OCH3 is 2. The maximum atomic E-state index is 12.0. The Hall–Kier alpha value is -2.76. The van der Waals surface area contributed by atoms with Crippen LogP contribution >= 0.6 is 0 Å². The molecule has 22 heavy (non-hydrogen) atoms. The molecule has 0 spiro atoms. The molecular formula is C16H16N2O4. The summed E-state index contributed by atoms with van der Waals surface area (Å²) in [5, 5.41) is 7.77. The maximum absolute atomic E-state index is 12.0. The molecule has 6 heteroatoms. The number of benzene rings is 1. The van der Waals surface area contributed by atoms with Crippen LogP contribution in [0.5, 0.6) is 0 Å². The maximum Gasteiger partial charge on any atom is 0.340 e. The second-order valence-electron chi connectivity index (χ2n) is 4.55. The van der Waals surface area contributed by atoms with Crippen molar-refractivity contribution in [1.29, 1.82) is 0 Å². The van der Waals surface area contributed by atoms with Gasteiger partial charge in [0.15, 0.2) is 0 Å². The summed E-state index contributed by atoms with van der Waals surface area (Å²) in [6.07, 6.45) is 2.35. The van der Waals surface area contributed by atoms with Gasteiger partial charge in [-0.05, 0) is 18.4 Å². The predicted molar refractivity (Wildman–Crippen MR) is 78.6 cm³/mol. The highest BCUT2D eigenvalue weighted by Gasteiger charge is 2.23. The van der Waals surface area contributed by atoms with Gasteiger partial charge in [0, 0.05) is 0 Å². The van der Waals surface area contributed by atoms with Crippen LogP contribution in [0.15, 0.2) is 36.5 Å². The molecule has 0 fully saturated rings. The average Bonchev–Trinajstić information content (AvgIpc) is 2.59. The highest BCUT2D eigenvalue weighted by atomic mass is 16.5. The lowest BCUT2D eigenvalue weighted by atomic mass is 10.0. The molecule has 2 rings (SSSR count). The summed E-state index contributed by atoms with van der Waals surface area (Å²) < 4.78 is 9.42. The highest BCUT2D eigenvalue weighted by molar-refractivity contribution is 6.03. The fourth-order valence-electron chi connectivity index (χ4n) is 2.10. The number of ether oxygens (including phenoxy) is 2. The van der Waals surface area contributed by atoms with E-state index in [2.05, 4.69) is 14.9 Å². The van der Waals surface area contributed by atoms with Gasteiger partial charge in [0.1, 0.15) is 0 Å². The first-order valence-corrected chi connectivity index (χ1v) is 6.72. The summed E-state index contributed by atoms with van der Waals surface area (Å²) in [5.41, 5.74) is 1.69. The van der Waals surface area contributed by atoms with Gasteiger partial charge >= 0.3 is 11.9 Å². The lowest BCUT2D eigenvalue weighted by Gasteiger charge is -2.10. The van der Waals surface area contributed by atoms with Gasteiger partial charge in [-0.1, -0.05) is 30.3 Å². The molecule has 6 nitrogen and oxygen atoms in total. The fraction of sp³-hybridized carbons (Fsp3) is 0.250. The zero-order valence-corrected chi connectivity index (χ0v) is 12.4. The van der Waals surface area contributed by atoms with Crippen LogP contribution in [0, 0.1) is 0 Å². The number of esters is 2. The number of carbonyl (C=O) groups excluding carboxylic acids is 2. The number of aromatic nitrogens is 2.